The van der Waals surface area contributed by atoms with Gasteiger partial charge in [0.25, 0.3) is 0 Å². The minimum absolute atomic E-state index is 0.0845. The van der Waals surface area contributed by atoms with Crippen LogP contribution in [-0.2, 0) is 21.7 Å². The molecule has 0 aliphatic heterocycles. The molecular weight excluding hydrogens is 1070 g/mol. The molecule has 0 amide bonds. The quantitative estimate of drug-likeness (QED) is 0.166. The van der Waals surface area contributed by atoms with E-state index in [0.717, 1.165) is 78.0 Å². The summed E-state index contributed by atoms with van der Waals surface area (Å²) in [5, 5.41) is 14.2. The Labute approximate surface area is 512 Å². The van der Waals surface area contributed by atoms with Crippen LogP contribution in [-0.4, -0.2) is 8.80 Å². The molecule has 0 saturated carbocycles. The van der Waals surface area contributed by atoms with Crippen molar-refractivity contribution in [2.75, 3.05) is 9.80 Å². The Morgan fingerprint density at radius 1 is 0.273 bits per heavy atom. The van der Waals surface area contributed by atoms with Gasteiger partial charge in [-0.1, -0.05) is 204 Å². The van der Waals surface area contributed by atoms with Crippen LogP contribution in [0.15, 0.2) is 215 Å². The van der Waals surface area contributed by atoms with E-state index in [4.69, 9.17) is 8.83 Å². The number of hydrogen-bond donors (Lipinski definition) is 0. The molecule has 6 aromatic heterocycles. The summed E-state index contributed by atoms with van der Waals surface area (Å²) in [5.41, 5.74) is 21.8. The molecule has 0 fully saturated rings. The number of nitrogens with zero attached hydrogens (tertiary/aromatic N) is 4. The first kappa shape index (κ1) is 52.5. The maximum absolute atomic E-state index is 7.22. The molecule has 0 radical (unpaired) electrons. The van der Waals surface area contributed by atoms with Gasteiger partial charge in [-0.05, 0) is 118 Å². The van der Waals surface area contributed by atoms with Crippen molar-refractivity contribution in [3.8, 4) is 0 Å². The van der Waals surface area contributed by atoms with Crippen LogP contribution in [0.2, 0.25) is 0 Å². The number of hydrogen-bond acceptors (Lipinski definition) is 4. The first-order valence-corrected chi connectivity index (χ1v) is 31.2. The van der Waals surface area contributed by atoms with Gasteiger partial charge in [0.05, 0.1) is 55.8 Å². The summed E-state index contributed by atoms with van der Waals surface area (Å²) in [6.45, 7) is 27.6. The molecule has 0 N–H and O–H groups in total. The summed E-state index contributed by atoms with van der Waals surface area (Å²) < 4.78 is 19.6. The monoisotopic (exact) mass is 1140 g/mol. The molecule has 11 aromatic carbocycles. The van der Waals surface area contributed by atoms with Crippen LogP contribution < -0.4 is 9.80 Å². The second-order valence-electron chi connectivity index (χ2n) is 29.0. The average molecular weight is 1140 g/mol. The lowest BCUT2D eigenvalue weighted by Gasteiger charge is -2.26. The molecule has 0 aliphatic rings. The van der Waals surface area contributed by atoms with Crippen LogP contribution in [0.4, 0.5) is 34.1 Å². The Balaban J connectivity index is 0.964. The summed E-state index contributed by atoms with van der Waals surface area (Å²) in [7, 11) is 0. The van der Waals surface area contributed by atoms with Gasteiger partial charge in [0.2, 0.25) is 0 Å². The minimum atomic E-state index is -0.111. The first-order chi connectivity index (χ1) is 42.2. The normalized spacial score (nSPS) is 13.2. The van der Waals surface area contributed by atoms with E-state index < -0.39 is 0 Å². The van der Waals surface area contributed by atoms with Gasteiger partial charge in [0.15, 0.2) is 11.2 Å². The minimum Gasteiger partial charge on any atom is -0.454 e. The Kier molecular flexibility index (Phi) is 10.7. The second kappa shape index (κ2) is 17.9. The molecule has 88 heavy (non-hydrogen) atoms. The van der Waals surface area contributed by atoms with Gasteiger partial charge in [0.1, 0.15) is 11.2 Å². The largest absolute Gasteiger partial charge is 0.454 e. The highest BCUT2D eigenvalue weighted by Gasteiger charge is 2.32. The number of furan rings is 2. The van der Waals surface area contributed by atoms with E-state index in [-0.39, 0.29) is 21.7 Å². The van der Waals surface area contributed by atoms with Gasteiger partial charge < -0.3 is 27.4 Å². The smallest absolute Gasteiger partial charge is 0.159 e. The zero-order valence-corrected chi connectivity index (χ0v) is 52.2. The highest BCUT2D eigenvalue weighted by atomic mass is 16.3. The number of fused-ring (bicyclic) bond motifs is 18. The fourth-order valence-electron chi connectivity index (χ4n) is 15.0. The average Bonchev–Trinajstić information content (AvgIpc) is 1.53. The van der Waals surface area contributed by atoms with Gasteiger partial charge in [-0.2, -0.15) is 0 Å². The molecule has 0 atom stereocenters. The third-order valence-corrected chi connectivity index (χ3v) is 19.3. The molecule has 6 nitrogen and oxygen atoms in total. The predicted octanol–water partition coefficient (Wildman–Crippen LogP) is 23.9. The van der Waals surface area contributed by atoms with E-state index in [1.165, 1.54) is 98.4 Å². The molecule has 6 heterocycles. The van der Waals surface area contributed by atoms with Crippen molar-refractivity contribution >= 4 is 154 Å². The van der Waals surface area contributed by atoms with Crippen LogP contribution >= 0.6 is 0 Å². The molecule has 17 aromatic rings. The lowest BCUT2D eigenvalue weighted by Crippen LogP contribution is -2.11. The highest BCUT2D eigenvalue weighted by Crippen LogP contribution is 2.54. The lowest BCUT2D eigenvalue weighted by molar-refractivity contribution is 0.572. The van der Waals surface area contributed by atoms with E-state index in [9.17, 15) is 0 Å². The predicted molar refractivity (Wildman–Crippen MR) is 374 cm³/mol. The van der Waals surface area contributed by atoms with Gasteiger partial charge in [-0.15, -0.1) is 0 Å². The van der Waals surface area contributed by atoms with Crippen molar-refractivity contribution in [3.63, 3.8) is 0 Å². The van der Waals surface area contributed by atoms with Gasteiger partial charge in [-0.25, -0.2) is 0 Å². The molecule has 0 bridgehead atoms. The SMILES string of the molecule is CC(C)(C)c1ccc2c(c1)c1c(N(c3ccccc3)c3cccc4c3oc3c(C(C)(C)C)cccc34)ccc3c4cc5c(cc4n2c31)c1ccc(N(c2ccccc2)c2cccc3c2oc2c(C(C)(C)C)cccc23)c2c3cc(C(C)(C)C)ccc3n5c12. The Bertz CT molecular complexity index is 5370. The molecule has 6 heteroatoms. The summed E-state index contributed by atoms with van der Waals surface area (Å²) in [6.07, 6.45) is 0. The number of anilines is 6. The topological polar surface area (TPSA) is 41.6 Å². The van der Waals surface area contributed by atoms with Crippen molar-refractivity contribution in [2.45, 2.75) is 105 Å². The Morgan fingerprint density at radius 3 is 1.02 bits per heavy atom. The molecule has 0 saturated heterocycles. The first-order valence-electron chi connectivity index (χ1n) is 31.2. The number of benzene rings is 11. The van der Waals surface area contributed by atoms with Crippen LogP contribution in [0.5, 0.6) is 0 Å². The second-order valence-corrected chi connectivity index (χ2v) is 29.0. The van der Waals surface area contributed by atoms with E-state index >= 15 is 0 Å². The van der Waals surface area contributed by atoms with Crippen molar-refractivity contribution in [1.29, 1.82) is 0 Å². The standard InChI is InChI=1S/C82H70N4O2/c1-79(2,3)47-35-39-63-59(43-47)71-65(83(49-23-15-13-16-24-49)67-33-21-29-55-53-27-19-31-61(81(7,8)9)75(53)87-77(55)67)41-37-51-57-46-70-58(45-69(57)85(63)73(51)71)52-38-42-66(72-60-44-48(80(4,5)6)36-40-64(60)86(70)74(52)72)84(50-25-17-14-18-26-50)68-34-22-30-56-54-28-20-32-62(82(10,11)12)76(54)88-78(56)68/h13-46H,1-12H3. The van der Waals surface area contributed by atoms with E-state index in [0.29, 0.717) is 0 Å². The van der Waals surface area contributed by atoms with Gasteiger partial charge in [0, 0.05) is 87.1 Å². The fourth-order valence-corrected chi connectivity index (χ4v) is 15.0. The molecule has 0 aliphatic carbocycles. The number of aromatic nitrogens is 2. The summed E-state index contributed by atoms with van der Waals surface area (Å²) >= 11 is 0. The van der Waals surface area contributed by atoms with Crippen molar-refractivity contribution in [2.24, 2.45) is 0 Å². The molecular formula is C82H70N4O2. The van der Waals surface area contributed by atoms with Crippen LogP contribution in [0, 0.1) is 0 Å². The maximum Gasteiger partial charge on any atom is 0.159 e. The van der Waals surface area contributed by atoms with Crippen molar-refractivity contribution < 1.29 is 8.83 Å². The highest BCUT2D eigenvalue weighted by molar-refractivity contribution is 6.33. The van der Waals surface area contributed by atoms with Gasteiger partial charge in [-0.3, -0.25) is 0 Å². The van der Waals surface area contributed by atoms with Crippen molar-refractivity contribution in [3.05, 3.63) is 229 Å². The van der Waals surface area contributed by atoms with E-state index in [2.05, 4.69) is 308 Å². The molecule has 0 spiro atoms. The maximum atomic E-state index is 7.22. The lowest BCUT2D eigenvalue weighted by atomic mass is 9.86. The molecule has 17 rings (SSSR count). The fraction of sp³-hybridized carbons (Fsp3) is 0.195. The number of rotatable bonds is 6. The third-order valence-electron chi connectivity index (χ3n) is 19.3. The van der Waals surface area contributed by atoms with Crippen molar-refractivity contribution in [1.82, 2.24) is 8.80 Å². The number of para-hydroxylation sites is 6. The molecule has 430 valence electrons. The zero-order chi connectivity index (χ0) is 60.2. The summed E-state index contributed by atoms with van der Waals surface area (Å²) in [4.78, 5) is 4.91. The van der Waals surface area contributed by atoms with Crippen LogP contribution in [0.1, 0.15) is 105 Å². The Morgan fingerprint density at radius 2 is 0.648 bits per heavy atom. The zero-order valence-electron chi connectivity index (χ0n) is 52.2. The Hall–Kier alpha value is -9.78. The van der Waals surface area contributed by atoms with E-state index in [1.54, 1.807) is 0 Å². The van der Waals surface area contributed by atoms with Crippen LogP contribution in [0.3, 0.4) is 0 Å². The molecule has 0 unspecified atom stereocenters. The third kappa shape index (κ3) is 7.35. The van der Waals surface area contributed by atoms with Crippen LogP contribution in [0.25, 0.3) is 120 Å². The summed E-state index contributed by atoms with van der Waals surface area (Å²) in [5.74, 6) is 0. The van der Waals surface area contributed by atoms with E-state index in [1.807, 2.05) is 0 Å². The van der Waals surface area contributed by atoms with Gasteiger partial charge >= 0.3 is 0 Å². The summed E-state index contributed by atoms with van der Waals surface area (Å²) in [6, 6.07) is 77.3.